The van der Waals surface area contributed by atoms with Gasteiger partial charge in [0.2, 0.25) is 5.91 Å². The van der Waals surface area contributed by atoms with E-state index in [2.05, 4.69) is 15.0 Å². The van der Waals surface area contributed by atoms with Crippen molar-refractivity contribution in [2.75, 3.05) is 6.61 Å². The number of carbonyl (C=O) groups excluding carboxylic acids is 1. The molecule has 134 valence electrons. The molecule has 0 saturated heterocycles. The maximum absolute atomic E-state index is 12.1. The number of rotatable bonds is 5. The van der Waals surface area contributed by atoms with Crippen molar-refractivity contribution in [3.05, 3.63) is 66.7 Å². The number of imidazole rings is 1. The van der Waals surface area contributed by atoms with Crippen LogP contribution in [0.2, 0.25) is 0 Å². The van der Waals surface area contributed by atoms with Crippen LogP contribution in [0.5, 0.6) is 0 Å². The highest BCUT2D eigenvalue weighted by Gasteiger charge is 2.21. The van der Waals surface area contributed by atoms with Crippen LogP contribution >= 0.6 is 0 Å². The van der Waals surface area contributed by atoms with Gasteiger partial charge in [-0.3, -0.25) is 4.79 Å². The molecule has 0 fully saturated rings. The van der Waals surface area contributed by atoms with Gasteiger partial charge < -0.3 is 15.4 Å². The Balaban J connectivity index is 2.04. The number of nitrogens with zero attached hydrogens (tertiary/aromatic N) is 4. The molecule has 0 unspecified atom stereocenters. The Morgan fingerprint density at radius 3 is 2.59 bits per heavy atom. The molecule has 0 spiro atoms. The van der Waals surface area contributed by atoms with Crippen LogP contribution in [0.4, 0.5) is 0 Å². The molecule has 1 amide bonds. The Kier molecular flexibility index (Phi) is 4.35. The summed E-state index contributed by atoms with van der Waals surface area (Å²) < 4.78 is 1.75. The molecule has 0 aliphatic carbocycles. The van der Waals surface area contributed by atoms with Crippen molar-refractivity contribution in [2.24, 2.45) is 5.73 Å². The van der Waals surface area contributed by atoms with E-state index in [0.29, 0.717) is 34.5 Å². The fraction of sp³-hybridized carbons (Fsp3) is 0.100. The summed E-state index contributed by atoms with van der Waals surface area (Å²) in [6.45, 7) is 0.341. The minimum Gasteiger partial charge on any atom is -0.395 e. The molecule has 7 heteroatoms. The second-order valence-electron chi connectivity index (χ2n) is 6.01. The van der Waals surface area contributed by atoms with E-state index in [1.54, 1.807) is 23.0 Å². The predicted octanol–water partition coefficient (Wildman–Crippen LogP) is 2.25. The van der Waals surface area contributed by atoms with Crippen molar-refractivity contribution < 1.29 is 9.90 Å². The van der Waals surface area contributed by atoms with Crippen LogP contribution in [-0.2, 0) is 6.54 Å². The van der Waals surface area contributed by atoms with Crippen LogP contribution in [0.15, 0.2) is 61.2 Å². The fourth-order valence-corrected chi connectivity index (χ4v) is 3.21. The van der Waals surface area contributed by atoms with E-state index < -0.39 is 5.91 Å². The highest BCUT2D eigenvalue weighted by atomic mass is 16.3. The lowest BCUT2D eigenvalue weighted by Gasteiger charge is -2.13. The van der Waals surface area contributed by atoms with Crippen molar-refractivity contribution >= 4 is 17.1 Å². The van der Waals surface area contributed by atoms with Gasteiger partial charge in [-0.15, -0.1) is 0 Å². The molecule has 0 aliphatic rings. The highest BCUT2D eigenvalue weighted by Crippen LogP contribution is 2.36. The first kappa shape index (κ1) is 16.9. The number of hydrogen-bond donors (Lipinski definition) is 2. The summed E-state index contributed by atoms with van der Waals surface area (Å²) in [4.78, 5) is 25.3. The van der Waals surface area contributed by atoms with Crippen LogP contribution in [-0.4, -0.2) is 37.1 Å². The van der Waals surface area contributed by atoms with Crippen molar-refractivity contribution in [3.8, 4) is 22.4 Å². The predicted molar refractivity (Wildman–Crippen MR) is 102 cm³/mol. The molecule has 0 aliphatic heterocycles. The number of hydrogen-bond acceptors (Lipinski definition) is 5. The van der Waals surface area contributed by atoms with E-state index in [4.69, 9.17) is 5.73 Å². The third kappa shape index (κ3) is 2.94. The van der Waals surface area contributed by atoms with Gasteiger partial charge in [0.05, 0.1) is 12.9 Å². The summed E-state index contributed by atoms with van der Waals surface area (Å²) in [6, 6.07) is 15.1. The standard InChI is InChI=1S/C20H17N5O2/c21-19(27)15-8-4-7-14(13-5-2-1-3-6-13)16(15)17-18-20(23-11-22-17)25(9-10-26)12-24-18/h1-8,11-12,26H,9-10H2,(H2,21,27). The van der Waals surface area contributed by atoms with Crippen LogP contribution in [0.1, 0.15) is 10.4 Å². The van der Waals surface area contributed by atoms with E-state index in [-0.39, 0.29) is 6.61 Å². The number of aliphatic hydroxyl groups is 1. The number of fused-ring (bicyclic) bond motifs is 1. The Hall–Kier alpha value is -3.58. The molecule has 3 N–H and O–H groups in total. The van der Waals surface area contributed by atoms with Gasteiger partial charge in [-0.25, -0.2) is 15.0 Å². The first-order valence-electron chi connectivity index (χ1n) is 8.46. The van der Waals surface area contributed by atoms with Gasteiger partial charge >= 0.3 is 0 Å². The summed E-state index contributed by atoms with van der Waals surface area (Å²) in [5.41, 5.74) is 10.1. The summed E-state index contributed by atoms with van der Waals surface area (Å²) in [5.74, 6) is -0.538. The number of primary amides is 1. The Morgan fingerprint density at radius 2 is 1.85 bits per heavy atom. The lowest BCUT2D eigenvalue weighted by Crippen LogP contribution is -2.13. The second kappa shape index (κ2) is 6.97. The SMILES string of the molecule is NC(=O)c1cccc(-c2ccccc2)c1-c1ncnc2c1ncn2CCO. The van der Waals surface area contributed by atoms with Gasteiger partial charge in [0.15, 0.2) is 5.65 Å². The van der Waals surface area contributed by atoms with Crippen LogP contribution in [0.25, 0.3) is 33.5 Å². The molecular weight excluding hydrogens is 342 g/mol. The fourth-order valence-electron chi connectivity index (χ4n) is 3.21. The van der Waals surface area contributed by atoms with E-state index in [1.807, 2.05) is 36.4 Å². The molecular formula is C20H17N5O2. The smallest absolute Gasteiger partial charge is 0.249 e. The minimum absolute atomic E-state index is 0.0298. The average molecular weight is 359 g/mol. The summed E-state index contributed by atoms with van der Waals surface area (Å²) in [7, 11) is 0. The lowest BCUT2D eigenvalue weighted by atomic mass is 9.92. The average Bonchev–Trinajstić information content (AvgIpc) is 3.11. The first-order chi connectivity index (χ1) is 13.2. The second-order valence-corrected chi connectivity index (χ2v) is 6.01. The van der Waals surface area contributed by atoms with E-state index >= 15 is 0 Å². The summed E-state index contributed by atoms with van der Waals surface area (Å²) in [6.07, 6.45) is 3.04. The number of aromatic nitrogens is 4. The minimum atomic E-state index is -0.538. The first-order valence-corrected chi connectivity index (χ1v) is 8.46. The largest absolute Gasteiger partial charge is 0.395 e. The van der Waals surface area contributed by atoms with Crippen LogP contribution in [0.3, 0.4) is 0 Å². The van der Waals surface area contributed by atoms with Crippen LogP contribution in [0, 0.1) is 0 Å². The topological polar surface area (TPSA) is 107 Å². The summed E-state index contributed by atoms with van der Waals surface area (Å²) in [5, 5.41) is 9.24. The van der Waals surface area contributed by atoms with Gasteiger partial charge in [0.1, 0.15) is 17.5 Å². The van der Waals surface area contributed by atoms with Gasteiger partial charge in [-0.05, 0) is 17.2 Å². The zero-order valence-corrected chi connectivity index (χ0v) is 14.4. The summed E-state index contributed by atoms with van der Waals surface area (Å²) >= 11 is 0. The lowest BCUT2D eigenvalue weighted by molar-refractivity contribution is 0.100. The van der Waals surface area contributed by atoms with Gasteiger partial charge in [0, 0.05) is 17.7 Å². The molecule has 2 heterocycles. The molecule has 2 aromatic carbocycles. The molecule has 0 saturated carbocycles. The molecule has 0 bridgehead atoms. The Bertz CT molecular complexity index is 1120. The monoisotopic (exact) mass is 359 g/mol. The van der Waals surface area contributed by atoms with E-state index in [9.17, 15) is 9.90 Å². The van der Waals surface area contributed by atoms with Crippen molar-refractivity contribution in [2.45, 2.75) is 6.54 Å². The molecule has 4 aromatic rings. The molecule has 2 aromatic heterocycles. The number of aliphatic hydroxyl groups excluding tert-OH is 1. The zero-order chi connectivity index (χ0) is 18.8. The quantitative estimate of drug-likeness (QED) is 0.568. The molecule has 27 heavy (non-hydrogen) atoms. The maximum atomic E-state index is 12.1. The maximum Gasteiger partial charge on any atom is 0.249 e. The molecule has 0 radical (unpaired) electrons. The molecule has 4 rings (SSSR count). The normalized spacial score (nSPS) is 11.0. The molecule has 7 nitrogen and oxygen atoms in total. The van der Waals surface area contributed by atoms with E-state index in [1.165, 1.54) is 6.33 Å². The van der Waals surface area contributed by atoms with Crippen molar-refractivity contribution in [1.82, 2.24) is 19.5 Å². The van der Waals surface area contributed by atoms with Gasteiger partial charge in [0.25, 0.3) is 0 Å². The van der Waals surface area contributed by atoms with Crippen molar-refractivity contribution in [3.63, 3.8) is 0 Å². The molecule has 0 atom stereocenters. The number of benzene rings is 2. The third-order valence-corrected chi connectivity index (χ3v) is 4.39. The number of amides is 1. The number of nitrogens with two attached hydrogens (primary N) is 1. The highest BCUT2D eigenvalue weighted by molar-refractivity contribution is 6.06. The van der Waals surface area contributed by atoms with Gasteiger partial charge in [-0.1, -0.05) is 42.5 Å². The van der Waals surface area contributed by atoms with Gasteiger partial charge in [-0.2, -0.15) is 0 Å². The Labute approximate surface area is 155 Å². The third-order valence-electron chi connectivity index (χ3n) is 4.39. The number of carbonyl (C=O) groups is 1. The van der Waals surface area contributed by atoms with E-state index in [0.717, 1.165) is 11.1 Å². The Morgan fingerprint density at radius 1 is 1.04 bits per heavy atom. The van der Waals surface area contributed by atoms with Crippen LogP contribution < -0.4 is 5.73 Å². The zero-order valence-electron chi connectivity index (χ0n) is 14.4. The van der Waals surface area contributed by atoms with Crippen molar-refractivity contribution in [1.29, 1.82) is 0 Å².